The monoisotopic (exact) mass is 593 g/mol. The van der Waals surface area contributed by atoms with Gasteiger partial charge in [-0.1, -0.05) is 60.7 Å². The van der Waals surface area contributed by atoms with Gasteiger partial charge in [-0.2, -0.15) is 0 Å². The summed E-state index contributed by atoms with van der Waals surface area (Å²) in [6, 6.07) is 27.9. The zero-order valence-electron chi connectivity index (χ0n) is 24.8. The summed E-state index contributed by atoms with van der Waals surface area (Å²) in [4.78, 5) is 26.6. The second kappa shape index (κ2) is 12.1. The number of ether oxygens (including phenoxy) is 1. The van der Waals surface area contributed by atoms with Crippen molar-refractivity contribution in [3.63, 3.8) is 0 Å². The van der Waals surface area contributed by atoms with Gasteiger partial charge in [0.1, 0.15) is 23.6 Å². The van der Waals surface area contributed by atoms with E-state index in [1.807, 2.05) is 89.0 Å². The van der Waals surface area contributed by atoms with Crippen molar-refractivity contribution in [2.45, 2.75) is 26.3 Å². The minimum Gasteiger partial charge on any atom is -0.493 e. The third kappa shape index (κ3) is 5.31. The normalized spacial score (nSPS) is 11.3. The average molecular weight is 594 g/mol. The predicted molar refractivity (Wildman–Crippen MR) is 175 cm³/mol. The minimum atomic E-state index is -0.976. The number of aromatic nitrogens is 5. The smallest absolute Gasteiger partial charge is 0.352 e. The zero-order valence-corrected chi connectivity index (χ0v) is 24.8. The van der Waals surface area contributed by atoms with Crippen LogP contribution in [0.4, 0.5) is 0 Å². The molecule has 222 valence electrons. The maximum Gasteiger partial charge on any atom is 0.352 e. The van der Waals surface area contributed by atoms with Crippen molar-refractivity contribution in [2.75, 3.05) is 6.61 Å². The molecule has 8 nitrogen and oxygen atoms in total. The number of hydrogen-bond acceptors (Lipinski definition) is 5. The molecule has 0 aliphatic rings. The predicted octanol–water partition coefficient (Wildman–Crippen LogP) is 7.50. The summed E-state index contributed by atoms with van der Waals surface area (Å²) < 4.78 is 10.0. The highest BCUT2D eigenvalue weighted by Crippen LogP contribution is 2.39. The number of aryl methyl sites for hydroxylation is 2. The molecule has 7 rings (SSSR count). The SMILES string of the molecule is Cc1ccnc(-n2ccnc2)c1-c1cccc2c(CCCOc3cccc4ccccc34)c(C(=O)O)n(Cc3ccccn3)c12. The highest BCUT2D eigenvalue weighted by molar-refractivity contribution is 6.05. The van der Waals surface area contributed by atoms with Crippen molar-refractivity contribution in [1.82, 2.24) is 24.1 Å². The number of nitrogens with zero attached hydrogens (tertiary/aromatic N) is 5. The molecular formula is C37H31N5O3. The quantitative estimate of drug-likeness (QED) is 0.165. The Kier molecular flexibility index (Phi) is 7.53. The number of imidazole rings is 1. The number of carbonyl (C=O) groups is 1. The van der Waals surface area contributed by atoms with Gasteiger partial charge in [0.15, 0.2) is 0 Å². The lowest BCUT2D eigenvalue weighted by Gasteiger charge is -2.16. The molecule has 0 atom stereocenters. The van der Waals surface area contributed by atoms with E-state index >= 15 is 0 Å². The van der Waals surface area contributed by atoms with Crippen LogP contribution in [0.25, 0.3) is 38.6 Å². The molecule has 0 saturated carbocycles. The van der Waals surface area contributed by atoms with E-state index in [-0.39, 0.29) is 5.69 Å². The average Bonchev–Trinajstić information content (AvgIpc) is 3.71. The lowest BCUT2D eigenvalue weighted by Crippen LogP contribution is -2.13. The first-order valence-electron chi connectivity index (χ1n) is 14.9. The second-order valence-corrected chi connectivity index (χ2v) is 11.0. The summed E-state index contributed by atoms with van der Waals surface area (Å²) in [6.45, 7) is 2.81. The Bertz CT molecular complexity index is 2130. The van der Waals surface area contributed by atoms with Gasteiger partial charge in [-0.05, 0) is 60.5 Å². The van der Waals surface area contributed by atoms with Crippen molar-refractivity contribution >= 4 is 27.6 Å². The Balaban J connectivity index is 1.34. The molecule has 0 spiro atoms. The van der Waals surface area contributed by atoms with Crippen molar-refractivity contribution in [1.29, 1.82) is 0 Å². The Morgan fingerprint density at radius 2 is 1.69 bits per heavy atom. The molecule has 45 heavy (non-hydrogen) atoms. The maximum absolute atomic E-state index is 13.1. The Morgan fingerprint density at radius 3 is 2.51 bits per heavy atom. The van der Waals surface area contributed by atoms with Gasteiger partial charge in [0, 0.05) is 46.7 Å². The number of hydrogen-bond donors (Lipinski definition) is 1. The van der Waals surface area contributed by atoms with E-state index < -0.39 is 5.97 Å². The van der Waals surface area contributed by atoms with Crippen LogP contribution in [0.15, 0.2) is 116 Å². The molecule has 0 unspecified atom stereocenters. The van der Waals surface area contributed by atoms with E-state index in [9.17, 15) is 9.90 Å². The van der Waals surface area contributed by atoms with Gasteiger partial charge in [0.2, 0.25) is 0 Å². The number of carboxylic acids is 1. The topological polar surface area (TPSA) is 95.1 Å². The first kappa shape index (κ1) is 28.0. The number of benzene rings is 3. The number of fused-ring (bicyclic) bond motifs is 2. The number of aromatic carboxylic acids is 1. The molecular weight excluding hydrogens is 562 g/mol. The van der Waals surface area contributed by atoms with Gasteiger partial charge < -0.3 is 14.4 Å². The first-order chi connectivity index (χ1) is 22.1. The van der Waals surface area contributed by atoms with Crippen LogP contribution in [0.1, 0.15) is 33.7 Å². The van der Waals surface area contributed by atoms with E-state index in [1.165, 1.54) is 0 Å². The van der Waals surface area contributed by atoms with Crippen LogP contribution >= 0.6 is 0 Å². The molecule has 0 fully saturated rings. The molecule has 0 bridgehead atoms. The Labute approximate surface area is 260 Å². The van der Waals surface area contributed by atoms with Crippen LogP contribution in [0, 0.1) is 6.92 Å². The van der Waals surface area contributed by atoms with Gasteiger partial charge in [-0.3, -0.25) is 9.55 Å². The molecule has 8 heteroatoms. The number of para-hydroxylation sites is 1. The van der Waals surface area contributed by atoms with Gasteiger partial charge >= 0.3 is 5.97 Å². The van der Waals surface area contributed by atoms with E-state index in [2.05, 4.69) is 28.2 Å². The van der Waals surface area contributed by atoms with Crippen LogP contribution in [0.2, 0.25) is 0 Å². The lowest BCUT2D eigenvalue weighted by molar-refractivity contribution is 0.0684. The molecule has 0 saturated heterocycles. The van der Waals surface area contributed by atoms with E-state index in [1.54, 1.807) is 24.9 Å². The van der Waals surface area contributed by atoms with Crippen LogP contribution in [0.5, 0.6) is 5.75 Å². The summed E-state index contributed by atoms with van der Waals surface area (Å²) in [6.07, 6.45) is 10.00. The Morgan fingerprint density at radius 1 is 0.867 bits per heavy atom. The molecule has 0 amide bonds. The van der Waals surface area contributed by atoms with Crippen molar-refractivity contribution in [2.24, 2.45) is 0 Å². The highest BCUT2D eigenvalue weighted by Gasteiger charge is 2.26. The Hall–Kier alpha value is -5.76. The molecule has 0 aliphatic heterocycles. The number of rotatable bonds is 10. The van der Waals surface area contributed by atoms with Crippen molar-refractivity contribution in [3.8, 4) is 22.7 Å². The molecule has 4 heterocycles. The van der Waals surface area contributed by atoms with Gasteiger partial charge in [-0.25, -0.2) is 14.8 Å². The summed E-state index contributed by atoms with van der Waals surface area (Å²) in [5.41, 5.74) is 5.50. The van der Waals surface area contributed by atoms with Crippen LogP contribution in [-0.2, 0) is 13.0 Å². The van der Waals surface area contributed by atoms with Gasteiger partial charge in [-0.15, -0.1) is 0 Å². The third-order valence-electron chi connectivity index (χ3n) is 8.17. The number of pyridine rings is 2. The fraction of sp³-hybridized carbons (Fsp3) is 0.135. The van der Waals surface area contributed by atoms with Gasteiger partial charge in [0.25, 0.3) is 0 Å². The second-order valence-electron chi connectivity index (χ2n) is 11.0. The maximum atomic E-state index is 13.1. The summed E-state index contributed by atoms with van der Waals surface area (Å²) in [7, 11) is 0. The number of carboxylic acid groups (broad SMARTS) is 1. The third-order valence-corrected chi connectivity index (χ3v) is 8.17. The first-order valence-corrected chi connectivity index (χ1v) is 14.9. The fourth-order valence-corrected chi connectivity index (χ4v) is 6.20. The fourth-order valence-electron chi connectivity index (χ4n) is 6.20. The van der Waals surface area contributed by atoms with Crippen molar-refractivity contribution < 1.29 is 14.6 Å². The molecule has 0 aliphatic carbocycles. The standard InChI is InChI=1S/C37H31N5O3/c1-25-17-19-40-36(41-21-20-38-24-41)33(25)31-14-7-13-29-30(15-8-22-45-32-16-6-10-26-9-2-3-12-28(26)32)35(37(43)44)42(34(29)31)23-27-11-4-5-18-39-27/h2-7,9-14,16-21,24H,8,15,22-23H2,1H3,(H,43,44). The minimum absolute atomic E-state index is 0.263. The van der Waals surface area contributed by atoms with E-state index in [4.69, 9.17) is 9.72 Å². The summed E-state index contributed by atoms with van der Waals surface area (Å²) in [5.74, 6) is 0.578. The molecule has 0 radical (unpaired) electrons. The largest absolute Gasteiger partial charge is 0.493 e. The molecule has 7 aromatic rings. The van der Waals surface area contributed by atoms with Gasteiger partial charge in [0.05, 0.1) is 24.4 Å². The van der Waals surface area contributed by atoms with Crippen LogP contribution < -0.4 is 4.74 Å². The van der Waals surface area contributed by atoms with Crippen LogP contribution in [-0.4, -0.2) is 41.8 Å². The zero-order chi connectivity index (χ0) is 30.8. The van der Waals surface area contributed by atoms with Crippen molar-refractivity contribution in [3.05, 3.63) is 139 Å². The summed E-state index contributed by atoms with van der Waals surface area (Å²) >= 11 is 0. The summed E-state index contributed by atoms with van der Waals surface area (Å²) in [5, 5.41) is 13.8. The van der Waals surface area contributed by atoms with E-state index in [0.29, 0.717) is 26.0 Å². The van der Waals surface area contributed by atoms with E-state index in [0.717, 1.165) is 61.2 Å². The van der Waals surface area contributed by atoms with Crippen LogP contribution in [0.3, 0.4) is 0 Å². The molecule has 1 N–H and O–H groups in total. The lowest BCUT2D eigenvalue weighted by atomic mass is 9.97. The molecule has 3 aromatic carbocycles. The highest BCUT2D eigenvalue weighted by atomic mass is 16.5. The molecule has 4 aromatic heterocycles.